The van der Waals surface area contributed by atoms with Crippen molar-refractivity contribution in [2.75, 3.05) is 0 Å². The first-order valence-corrected chi connectivity index (χ1v) is 5.29. The van der Waals surface area contributed by atoms with Crippen molar-refractivity contribution in [2.24, 2.45) is 11.8 Å². The molecule has 1 rings (SSSR count). The molecule has 1 aliphatic rings. The van der Waals surface area contributed by atoms with Crippen molar-refractivity contribution in [1.82, 2.24) is 0 Å². The third-order valence-electron chi connectivity index (χ3n) is 3.01. The molecular formula is C10H14F6. The van der Waals surface area contributed by atoms with E-state index in [0.29, 0.717) is 0 Å². The lowest BCUT2D eigenvalue weighted by molar-refractivity contribution is -0.156. The fourth-order valence-corrected chi connectivity index (χ4v) is 2.29. The van der Waals surface area contributed by atoms with Crippen LogP contribution in [0.3, 0.4) is 0 Å². The second-order valence-corrected chi connectivity index (χ2v) is 4.53. The van der Waals surface area contributed by atoms with Crippen LogP contribution in [-0.2, 0) is 0 Å². The molecule has 0 bridgehead atoms. The number of halogens is 6. The lowest BCUT2D eigenvalue weighted by Gasteiger charge is -2.29. The first-order valence-electron chi connectivity index (χ1n) is 5.29. The van der Waals surface area contributed by atoms with Gasteiger partial charge in [0.25, 0.3) is 0 Å². The Morgan fingerprint density at radius 2 is 0.875 bits per heavy atom. The summed E-state index contributed by atoms with van der Waals surface area (Å²) < 4.78 is 72.2. The molecule has 0 atom stereocenters. The van der Waals surface area contributed by atoms with Crippen LogP contribution in [0.15, 0.2) is 0 Å². The summed E-state index contributed by atoms with van der Waals surface area (Å²) >= 11 is 0. The Hall–Kier alpha value is -0.420. The predicted molar refractivity (Wildman–Crippen MR) is 46.8 cm³/mol. The van der Waals surface area contributed by atoms with E-state index < -0.39 is 37.0 Å². The van der Waals surface area contributed by atoms with Crippen LogP contribution >= 0.6 is 0 Å². The standard InChI is InChI=1S/C10H14F6/c11-9(12,13)5-7-1-2-8(4-3-7)6-10(14,15)16/h7-8H,1-6H2. The molecule has 16 heavy (non-hydrogen) atoms. The first kappa shape index (κ1) is 13.6. The Morgan fingerprint density at radius 1 is 0.625 bits per heavy atom. The maximum absolute atomic E-state index is 12.0. The number of rotatable bonds is 2. The highest BCUT2D eigenvalue weighted by Crippen LogP contribution is 2.39. The average Bonchev–Trinajstić information content (AvgIpc) is 2.03. The summed E-state index contributed by atoms with van der Waals surface area (Å²) in [7, 11) is 0. The first-order chi connectivity index (χ1) is 7.16. The third kappa shape index (κ3) is 5.61. The largest absolute Gasteiger partial charge is 0.389 e. The number of hydrogen-bond acceptors (Lipinski definition) is 0. The van der Waals surface area contributed by atoms with E-state index in [0.717, 1.165) is 0 Å². The highest BCUT2D eigenvalue weighted by atomic mass is 19.4. The quantitative estimate of drug-likeness (QED) is 0.621. The smallest absolute Gasteiger partial charge is 0.171 e. The van der Waals surface area contributed by atoms with E-state index >= 15 is 0 Å². The van der Waals surface area contributed by atoms with Crippen molar-refractivity contribution >= 4 is 0 Å². The lowest BCUT2D eigenvalue weighted by atomic mass is 9.79. The van der Waals surface area contributed by atoms with Crippen LogP contribution in [0.1, 0.15) is 38.5 Å². The molecule has 96 valence electrons. The summed E-state index contributed by atoms with van der Waals surface area (Å²) in [6.45, 7) is 0. The molecule has 0 aromatic heterocycles. The molecule has 0 aliphatic heterocycles. The van der Waals surface area contributed by atoms with Crippen molar-refractivity contribution in [3.63, 3.8) is 0 Å². The van der Waals surface area contributed by atoms with E-state index in [-0.39, 0.29) is 25.7 Å². The zero-order chi connectivity index (χ0) is 12.4. The molecule has 1 fully saturated rings. The monoisotopic (exact) mass is 248 g/mol. The Morgan fingerprint density at radius 3 is 1.06 bits per heavy atom. The maximum atomic E-state index is 12.0. The van der Waals surface area contributed by atoms with Gasteiger partial charge in [-0.3, -0.25) is 0 Å². The van der Waals surface area contributed by atoms with Gasteiger partial charge in [-0.25, -0.2) is 0 Å². The van der Waals surface area contributed by atoms with Gasteiger partial charge in [0.2, 0.25) is 0 Å². The molecule has 0 N–H and O–H groups in total. The van der Waals surface area contributed by atoms with Gasteiger partial charge in [0, 0.05) is 12.8 Å². The van der Waals surface area contributed by atoms with Gasteiger partial charge in [0.05, 0.1) is 0 Å². The topological polar surface area (TPSA) is 0 Å². The molecule has 0 saturated heterocycles. The number of hydrogen-bond donors (Lipinski definition) is 0. The second kappa shape index (κ2) is 4.84. The van der Waals surface area contributed by atoms with Crippen LogP contribution in [0, 0.1) is 11.8 Å². The molecular weight excluding hydrogens is 234 g/mol. The summed E-state index contributed by atoms with van der Waals surface area (Å²) in [6, 6.07) is 0. The summed E-state index contributed by atoms with van der Waals surface area (Å²) in [4.78, 5) is 0. The van der Waals surface area contributed by atoms with Crippen molar-refractivity contribution in [3.8, 4) is 0 Å². The van der Waals surface area contributed by atoms with E-state index in [1.54, 1.807) is 0 Å². The molecule has 6 heteroatoms. The van der Waals surface area contributed by atoms with Gasteiger partial charge < -0.3 is 0 Å². The highest BCUT2D eigenvalue weighted by molar-refractivity contribution is 4.76. The van der Waals surface area contributed by atoms with Crippen LogP contribution in [0.4, 0.5) is 26.3 Å². The Balaban J connectivity index is 2.29. The fourth-order valence-electron chi connectivity index (χ4n) is 2.29. The van der Waals surface area contributed by atoms with Gasteiger partial charge in [-0.1, -0.05) is 0 Å². The van der Waals surface area contributed by atoms with Gasteiger partial charge in [-0.05, 0) is 37.5 Å². The second-order valence-electron chi connectivity index (χ2n) is 4.53. The Labute approximate surface area is 90.0 Å². The minimum Gasteiger partial charge on any atom is -0.171 e. The molecule has 0 heterocycles. The zero-order valence-corrected chi connectivity index (χ0v) is 8.67. The normalized spacial score (nSPS) is 28.1. The molecule has 0 unspecified atom stereocenters. The summed E-state index contributed by atoms with van der Waals surface area (Å²) in [5, 5.41) is 0. The molecule has 0 amide bonds. The van der Waals surface area contributed by atoms with Crippen molar-refractivity contribution in [3.05, 3.63) is 0 Å². The van der Waals surface area contributed by atoms with Crippen molar-refractivity contribution in [1.29, 1.82) is 0 Å². The van der Waals surface area contributed by atoms with E-state index in [4.69, 9.17) is 0 Å². The maximum Gasteiger partial charge on any atom is 0.389 e. The van der Waals surface area contributed by atoms with Crippen LogP contribution in [0.5, 0.6) is 0 Å². The summed E-state index contributed by atoms with van der Waals surface area (Å²) in [5.41, 5.74) is 0. The van der Waals surface area contributed by atoms with Gasteiger partial charge in [-0.15, -0.1) is 0 Å². The zero-order valence-electron chi connectivity index (χ0n) is 8.67. The van der Waals surface area contributed by atoms with E-state index in [1.165, 1.54) is 0 Å². The summed E-state index contributed by atoms with van der Waals surface area (Å²) in [5.74, 6) is -0.964. The van der Waals surface area contributed by atoms with Crippen LogP contribution in [-0.4, -0.2) is 12.4 Å². The molecule has 0 aromatic rings. The molecule has 1 saturated carbocycles. The average molecular weight is 248 g/mol. The predicted octanol–water partition coefficient (Wildman–Crippen LogP) is 4.70. The van der Waals surface area contributed by atoms with E-state index in [9.17, 15) is 26.3 Å². The van der Waals surface area contributed by atoms with Crippen LogP contribution < -0.4 is 0 Å². The van der Waals surface area contributed by atoms with E-state index in [2.05, 4.69) is 0 Å². The fraction of sp³-hybridized carbons (Fsp3) is 1.00. The van der Waals surface area contributed by atoms with Gasteiger partial charge in [0.15, 0.2) is 0 Å². The third-order valence-corrected chi connectivity index (χ3v) is 3.01. The van der Waals surface area contributed by atoms with Crippen molar-refractivity contribution < 1.29 is 26.3 Å². The summed E-state index contributed by atoms with van der Waals surface area (Å²) in [6.07, 6.45) is -9.04. The van der Waals surface area contributed by atoms with E-state index in [1.807, 2.05) is 0 Å². The molecule has 1 aliphatic carbocycles. The number of alkyl halides is 6. The van der Waals surface area contributed by atoms with Gasteiger partial charge >= 0.3 is 12.4 Å². The van der Waals surface area contributed by atoms with Crippen LogP contribution in [0.25, 0.3) is 0 Å². The minimum atomic E-state index is -4.19. The Kier molecular flexibility index (Phi) is 4.12. The highest BCUT2D eigenvalue weighted by Gasteiger charge is 2.37. The SMILES string of the molecule is FC(F)(F)CC1CCC(CC(F)(F)F)CC1. The molecule has 0 nitrogen and oxygen atoms in total. The molecule has 0 radical (unpaired) electrons. The van der Waals surface area contributed by atoms with Gasteiger partial charge in [-0.2, -0.15) is 26.3 Å². The molecule has 0 spiro atoms. The Bertz CT molecular complexity index is 184. The van der Waals surface area contributed by atoms with Gasteiger partial charge in [0.1, 0.15) is 0 Å². The molecule has 0 aromatic carbocycles. The van der Waals surface area contributed by atoms with Crippen molar-refractivity contribution in [2.45, 2.75) is 50.9 Å². The van der Waals surface area contributed by atoms with Crippen LogP contribution in [0.2, 0.25) is 0 Å². The minimum absolute atomic E-state index is 0.264. The lowest BCUT2D eigenvalue weighted by Crippen LogP contribution is -2.23.